The minimum atomic E-state index is 0.648. The van der Waals surface area contributed by atoms with Gasteiger partial charge in [0, 0.05) is 12.7 Å². The Morgan fingerprint density at radius 1 is 1.31 bits per heavy atom. The number of likely N-dealkylation sites (N-methyl/N-ethyl adjacent to an activating group) is 1. The molecule has 74 valence electrons. The number of nitrogens with zero attached hydrogens (tertiary/aromatic N) is 1. The summed E-state index contributed by atoms with van der Waals surface area (Å²) in [5.74, 6) is 0.725. The quantitative estimate of drug-likeness (QED) is 0.666. The first kappa shape index (κ1) is 9.07. The second-order valence-corrected chi connectivity index (χ2v) is 4.62. The summed E-state index contributed by atoms with van der Waals surface area (Å²) in [6.07, 6.45) is 5.33. The van der Waals surface area contributed by atoms with Crippen LogP contribution in [0.3, 0.4) is 0 Å². The maximum absolute atomic E-state index is 3.50. The van der Waals surface area contributed by atoms with Gasteiger partial charge in [0.15, 0.2) is 0 Å². The molecule has 0 saturated heterocycles. The van der Waals surface area contributed by atoms with Crippen LogP contribution in [0.15, 0.2) is 11.3 Å². The lowest BCUT2D eigenvalue weighted by atomic mass is 9.87. The summed E-state index contributed by atoms with van der Waals surface area (Å²) in [7, 11) is 2.17. The van der Waals surface area contributed by atoms with Crippen molar-refractivity contribution in [2.45, 2.75) is 45.6 Å². The van der Waals surface area contributed by atoms with Crippen molar-refractivity contribution in [3.63, 3.8) is 0 Å². The largest absolute Gasteiger partial charge is 0.323 e. The Kier molecular flexibility index (Phi) is 2.33. The Morgan fingerprint density at radius 2 is 2.00 bits per heavy atom. The molecule has 1 aliphatic heterocycles. The Hall–Kier alpha value is -0.500. The third-order valence-electron chi connectivity index (χ3n) is 3.23. The zero-order chi connectivity index (χ0) is 9.42. The van der Waals surface area contributed by atoms with Crippen molar-refractivity contribution in [2.75, 3.05) is 7.05 Å². The summed E-state index contributed by atoms with van der Waals surface area (Å²) < 4.78 is 0. The van der Waals surface area contributed by atoms with Gasteiger partial charge in [0.2, 0.25) is 0 Å². The lowest BCUT2D eigenvalue weighted by Crippen LogP contribution is -2.38. The third-order valence-corrected chi connectivity index (χ3v) is 3.23. The van der Waals surface area contributed by atoms with Crippen LogP contribution < -0.4 is 5.43 Å². The number of hydrazine groups is 1. The van der Waals surface area contributed by atoms with E-state index in [-0.39, 0.29) is 0 Å². The van der Waals surface area contributed by atoms with Gasteiger partial charge >= 0.3 is 0 Å². The molecule has 13 heavy (non-hydrogen) atoms. The molecule has 0 bridgehead atoms. The third kappa shape index (κ3) is 1.48. The van der Waals surface area contributed by atoms with Crippen LogP contribution in [-0.4, -0.2) is 18.1 Å². The van der Waals surface area contributed by atoms with Crippen molar-refractivity contribution >= 4 is 0 Å². The van der Waals surface area contributed by atoms with E-state index in [2.05, 4.69) is 31.3 Å². The fourth-order valence-electron chi connectivity index (χ4n) is 2.75. The fourth-order valence-corrected chi connectivity index (χ4v) is 2.75. The Labute approximate surface area is 81.0 Å². The van der Waals surface area contributed by atoms with Crippen molar-refractivity contribution < 1.29 is 0 Å². The highest BCUT2D eigenvalue weighted by atomic mass is 15.5. The van der Waals surface area contributed by atoms with Crippen LogP contribution in [0.2, 0.25) is 0 Å². The first-order valence-electron chi connectivity index (χ1n) is 5.41. The lowest BCUT2D eigenvalue weighted by Gasteiger charge is -2.25. The molecule has 0 amide bonds. The highest BCUT2D eigenvalue weighted by Gasteiger charge is 2.32. The van der Waals surface area contributed by atoms with E-state index >= 15 is 0 Å². The van der Waals surface area contributed by atoms with Crippen molar-refractivity contribution in [1.82, 2.24) is 10.4 Å². The average molecular weight is 180 g/mol. The van der Waals surface area contributed by atoms with Crippen LogP contribution in [0, 0.1) is 5.92 Å². The molecular formula is C11H20N2. The number of hydrogen-bond acceptors (Lipinski definition) is 2. The zero-order valence-electron chi connectivity index (χ0n) is 8.93. The molecule has 2 aliphatic rings. The molecular weight excluding hydrogens is 160 g/mol. The lowest BCUT2D eigenvalue weighted by molar-refractivity contribution is 0.199. The van der Waals surface area contributed by atoms with Crippen molar-refractivity contribution in [3.8, 4) is 0 Å². The van der Waals surface area contributed by atoms with Gasteiger partial charge in [-0.3, -0.25) is 0 Å². The molecule has 1 atom stereocenters. The van der Waals surface area contributed by atoms with Crippen LogP contribution >= 0.6 is 0 Å². The van der Waals surface area contributed by atoms with Crippen molar-refractivity contribution in [2.24, 2.45) is 5.92 Å². The molecule has 2 nitrogen and oxygen atoms in total. The van der Waals surface area contributed by atoms with Crippen LogP contribution in [0.4, 0.5) is 0 Å². The first-order valence-corrected chi connectivity index (χ1v) is 5.41. The second-order valence-electron chi connectivity index (χ2n) is 4.62. The summed E-state index contributed by atoms with van der Waals surface area (Å²) in [5, 5.41) is 2.29. The predicted molar refractivity (Wildman–Crippen MR) is 55.0 cm³/mol. The van der Waals surface area contributed by atoms with Gasteiger partial charge in [-0.25, -0.2) is 5.01 Å². The molecule has 1 heterocycles. The summed E-state index contributed by atoms with van der Waals surface area (Å²) >= 11 is 0. The summed E-state index contributed by atoms with van der Waals surface area (Å²) in [5.41, 5.74) is 6.70. The highest BCUT2D eigenvalue weighted by Crippen LogP contribution is 2.34. The molecule has 0 saturated carbocycles. The Morgan fingerprint density at radius 3 is 2.69 bits per heavy atom. The van der Waals surface area contributed by atoms with E-state index in [0.29, 0.717) is 6.04 Å². The van der Waals surface area contributed by atoms with E-state index < -0.39 is 0 Å². The normalized spacial score (nSPS) is 29.4. The topological polar surface area (TPSA) is 15.3 Å². The Balaban J connectivity index is 2.21. The van der Waals surface area contributed by atoms with Gasteiger partial charge in [0.25, 0.3) is 0 Å². The molecule has 0 spiro atoms. The van der Waals surface area contributed by atoms with Crippen molar-refractivity contribution in [3.05, 3.63) is 11.3 Å². The minimum Gasteiger partial charge on any atom is -0.323 e. The Bertz CT molecular complexity index is 230. The van der Waals surface area contributed by atoms with Gasteiger partial charge in [0.1, 0.15) is 0 Å². The van der Waals surface area contributed by atoms with Crippen LogP contribution in [0.5, 0.6) is 0 Å². The zero-order valence-corrected chi connectivity index (χ0v) is 8.93. The number of rotatable bonds is 1. The molecule has 0 aromatic rings. The predicted octanol–water partition coefficient (Wildman–Crippen LogP) is 2.29. The highest BCUT2D eigenvalue weighted by molar-refractivity contribution is 5.25. The van der Waals surface area contributed by atoms with E-state index in [1.165, 1.54) is 31.4 Å². The summed E-state index contributed by atoms with van der Waals surface area (Å²) in [4.78, 5) is 0. The maximum Gasteiger partial charge on any atom is 0.0540 e. The smallest absolute Gasteiger partial charge is 0.0540 e. The number of hydrogen-bond donors (Lipinski definition) is 1. The SMILES string of the molecule is CC(C)C1C2=C(CCCC2)NN1C. The number of allylic oxidation sites excluding steroid dienone is 1. The van der Waals surface area contributed by atoms with Crippen molar-refractivity contribution in [1.29, 1.82) is 0 Å². The molecule has 2 rings (SSSR count). The van der Waals surface area contributed by atoms with E-state index in [4.69, 9.17) is 0 Å². The molecule has 0 fully saturated rings. The fraction of sp³-hybridized carbons (Fsp3) is 0.818. The van der Waals surface area contributed by atoms with Gasteiger partial charge in [-0.15, -0.1) is 0 Å². The van der Waals surface area contributed by atoms with Gasteiger partial charge in [0.05, 0.1) is 6.04 Å². The molecule has 0 aromatic carbocycles. The summed E-state index contributed by atoms with van der Waals surface area (Å²) in [6.45, 7) is 4.63. The second kappa shape index (κ2) is 3.33. The van der Waals surface area contributed by atoms with Gasteiger partial charge in [-0.2, -0.15) is 0 Å². The van der Waals surface area contributed by atoms with Crippen LogP contribution in [0.1, 0.15) is 39.5 Å². The first-order chi connectivity index (χ1) is 6.20. The average Bonchev–Trinajstić information content (AvgIpc) is 2.39. The number of nitrogens with one attached hydrogen (secondary N) is 1. The summed E-state index contributed by atoms with van der Waals surface area (Å²) in [6, 6.07) is 0.648. The van der Waals surface area contributed by atoms with Gasteiger partial charge in [-0.05, 0) is 37.2 Å². The molecule has 1 N–H and O–H groups in total. The molecule has 1 aliphatic carbocycles. The monoisotopic (exact) mass is 180 g/mol. The van der Waals surface area contributed by atoms with Crippen LogP contribution in [-0.2, 0) is 0 Å². The van der Waals surface area contributed by atoms with E-state index in [0.717, 1.165) is 5.92 Å². The van der Waals surface area contributed by atoms with E-state index in [1.807, 2.05) is 0 Å². The standard InChI is InChI=1S/C11H20N2/c1-8(2)11-9-6-4-5-7-10(9)12-13(11)3/h8,11-12H,4-7H2,1-3H3. The maximum atomic E-state index is 3.50. The van der Waals surface area contributed by atoms with Gasteiger partial charge < -0.3 is 5.43 Å². The van der Waals surface area contributed by atoms with Gasteiger partial charge in [-0.1, -0.05) is 13.8 Å². The molecule has 1 unspecified atom stereocenters. The van der Waals surface area contributed by atoms with Crippen LogP contribution in [0.25, 0.3) is 0 Å². The minimum absolute atomic E-state index is 0.648. The van der Waals surface area contributed by atoms with E-state index in [9.17, 15) is 0 Å². The molecule has 0 radical (unpaired) electrons. The molecule has 0 aromatic heterocycles. The van der Waals surface area contributed by atoms with E-state index in [1.54, 1.807) is 5.57 Å². The molecule has 2 heteroatoms.